The molecule has 0 aromatic heterocycles. The summed E-state index contributed by atoms with van der Waals surface area (Å²) in [6, 6.07) is 7.14. The number of benzene rings is 1. The highest BCUT2D eigenvalue weighted by Gasteiger charge is 2.14. The van der Waals surface area contributed by atoms with Crippen molar-refractivity contribution in [3.05, 3.63) is 29.8 Å². The summed E-state index contributed by atoms with van der Waals surface area (Å²) < 4.78 is 45.9. The van der Waals surface area contributed by atoms with E-state index < -0.39 is 21.1 Å². The third kappa shape index (κ3) is 11.5. The molecule has 5 nitrogen and oxygen atoms in total. The van der Waals surface area contributed by atoms with Crippen LogP contribution in [0.3, 0.4) is 0 Å². The largest absolute Gasteiger partial charge is 0.772 e. The van der Waals surface area contributed by atoms with Gasteiger partial charge < -0.3 is 4.55 Å². The van der Waals surface area contributed by atoms with Crippen LogP contribution >= 0.6 is 0 Å². The zero-order chi connectivity index (χ0) is 19.5. The Morgan fingerprint density at radius 3 is 1.96 bits per heavy atom. The fraction of sp³-hybridized carbons (Fsp3) is 0.667. The Kier molecular flexibility index (Phi) is 12.2. The van der Waals surface area contributed by atoms with Crippen molar-refractivity contribution in [3.63, 3.8) is 0 Å². The van der Waals surface area contributed by atoms with Gasteiger partial charge in [-0.05, 0) is 44.4 Å². The summed E-state index contributed by atoms with van der Waals surface area (Å²) >= 11 is -1.87. The van der Waals surface area contributed by atoms with Gasteiger partial charge in [-0.1, -0.05) is 63.2 Å². The van der Waals surface area contributed by atoms with Crippen LogP contribution in [0.15, 0.2) is 29.2 Å². The minimum atomic E-state index is -3.36. The smallest absolute Gasteiger partial charge is 0.240 e. The predicted octanol–water partition coefficient (Wildman–Crippen LogP) is 3.77. The normalized spacial score (nSPS) is 12.8. The maximum atomic E-state index is 11.9. The van der Waals surface area contributed by atoms with Crippen molar-refractivity contribution >= 4 is 21.1 Å². The number of hydrogen-bond acceptors (Lipinski definition) is 4. The van der Waals surface area contributed by atoms with Gasteiger partial charge in [-0.3, -0.25) is 4.21 Å². The van der Waals surface area contributed by atoms with Crippen LogP contribution in [-0.4, -0.2) is 28.5 Å². The van der Waals surface area contributed by atoms with Crippen molar-refractivity contribution in [1.29, 1.82) is 0 Å². The molecular formula is C18H32NO4S2-. The minimum Gasteiger partial charge on any atom is -0.772 e. The van der Waals surface area contributed by atoms with Gasteiger partial charge in [0.15, 0.2) is 0 Å². The summed E-state index contributed by atoms with van der Waals surface area (Å²) in [6.07, 6.45) is 5.94. The van der Waals surface area contributed by atoms with E-state index in [1.165, 1.54) is 31.2 Å². The standard InChI is InChI=1S/C15H25NO2S.C3H8O2S/c1-4-5-6-7-8-14-9-11-15(12-10-14)19(17,18)16-13(2)3;1-3(2)6(4)5/h9-13,16H,4-8H2,1-3H3;3H,1-2H3,(H,4,5)/p-1. The summed E-state index contributed by atoms with van der Waals surface area (Å²) in [5, 5.41) is -0.231. The molecule has 1 aromatic rings. The van der Waals surface area contributed by atoms with E-state index in [0.717, 1.165) is 6.42 Å². The van der Waals surface area contributed by atoms with Gasteiger partial charge in [-0.25, -0.2) is 13.1 Å². The second-order valence-electron chi connectivity index (χ2n) is 6.54. The molecule has 1 N–H and O–H groups in total. The second-order valence-corrected chi connectivity index (χ2v) is 9.72. The molecule has 1 aromatic carbocycles. The lowest BCUT2D eigenvalue weighted by Crippen LogP contribution is -2.30. The van der Waals surface area contributed by atoms with Crippen molar-refractivity contribution in [3.8, 4) is 0 Å². The van der Waals surface area contributed by atoms with E-state index in [0.29, 0.717) is 4.90 Å². The highest BCUT2D eigenvalue weighted by molar-refractivity contribution is 7.89. The second kappa shape index (κ2) is 12.6. The van der Waals surface area contributed by atoms with Crippen LogP contribution in [0.2, 0.25) is 0 Å². The molecule has 25 heavy (non-hydrogen) atoms. The summed E-state index contributed by atoms with van der Waals surface area (Å²) in [6.45, 7) is 9.09. The van der Waals surface area contributed by atoms with Gasteiger partial charge in [0.2, 0.25) is 10.0 Å². The Hall–Kier alpha value is -0.760. The Bertz CT molecular complexity index is 596. The van der Waals surface area contributed by atoms with Crippen molar-refractivity contribution in [2.24, 2.45) is 0 Å². The first-order valence-electron chi connectivity index (χ1n) is 8.79. The Balaban J connectivity index is 0.000000823. The number of hydrogen-bond donors (Lipinski definition) is 1. The van der Waals surface area contributed by atoms with Crippen LogP contribution in [0, 0.1) is 0 Å². The molecule has 0 fully saturated rings. The Morgan fingerprint density at radius 1 is 1.04 bits per heavy atom. The van der Waals surface area contributed by atoms with Gasteiger partial charge in [-0.2, -0.15) is 0 Å². The number of nitrogens with one attached hydrogen (secondary N) is 1. The van der Waals surface area contributed by atoms with Gasteiger partial charge in [0.1, 0.15) is 0 Å². The van der Waals surface area contributed by atoms with Crippen LogP contribution < -0.4 is 4.72 Å². The quantitative estimate of drug-likeness (QED) is 0.514. The number of sulfonamides is 1. The topological polar surface area (TPSA) is 86.3 Å². The molecule has 0 radical (unpaired) electrons. The number of aryl methyl sites for hydroxylation is 1. The van der Waals surface area contributed by atoms with E-state index >= 15 is 0 Å². The van der Waals surface area contributed by atoms with E-state index in [1.54, 1.807) is 26.0 Å². The van der Waals surface area contributed by atoms with Gasteiger partial charge in [-0.15, -0.1) is 0 Å². The highest BCUT2D eigenvalue weighted by Crippen LogP contribution is 2.13. The first-order valence-corrected chi connectivity index (χ1v) is 11.4. The maximum absolute atomic E-state index is 11.9. The summed E-state index contributed by atoms with van der Waals surface area (Å²) in [5.74, 6) is 0. The van der Waals surface area contributed by atoms with Gasteiger partial charge in [0.05, 0.1) is 4.90 Å². The fourth-order valence-electron chi connectivity index (χ4n) is 1.97. The molecule has 0 heterocycles. The molecule has 0 spiro atoms. The molecule has 0 amide bonds. The molecule has 7 heteroatoms. The van der Waals surface area contributed by atoms with E-state index in [2.05, 4.69) is 11.6 Å². The van der Waals surface area contributed by atoms with E-state index in [1.807, 2.05) is 26.0 Å². The molecular weight excluding hydrogens is 358 g/mol. The van der Waals surface area contributed by atoms with Crippen LogP contribution in [0.25, 0.3) is 0 Å². The summed E-state index contributed by atoms with van der Waals surface area (Å²) in [7, 11) is -3.36. The zero-order valence-corrected chi connectivity index (χ0v) is 17.6. The monoisotopic (exact) mass is 390 g/mol. The first kappa shape index (κ1) is 24.2. The van der Waals surface area contributed by atoms with Gasteiger partial charge >= 0.3 is 0 Å². The van der Waals surface area contributed by atoms with Crippen LogP contribution in [0.5, 0.6) is 0 Å². The molecule has 1 unspecified atom stereocenters. The van der Waals surface area contributed by atoms with Gasteiger partial charge in [0.25, 0.3) is 0 Å². The third-order valence-electron chi connectivity index (χ3n) is 3.33. The van der Waals surface area contributed by atoms with Crippen molar-refractivity contribution < 1.29 is 17.2 Å². The van der Waals surface area contributed by atoms with Crippen LogP contribution in [-0.2, 0) is 27.5 Å². The Morgan fingerprint density at radius 2 is 1.56 bits per heavy atom. The average Bonchev–Trinajstić information content (AvgIpc) is 2.51. The lowest BCUT2D eigenvalue weighted by Gasteiger charge is -2.10. The van der Waals surface area contributed by atoms with E-state index in [4.69, 9.17) is 0 Å². The molecule has 1 rings (SSSR count). The molecule has 0 saturated heterocycles. The van der Waals surface area contributed by atoms with Gasteiger partial charge in [0, 0.05) is 11.3 Å². The minimum absolute atomic E-state index is 0.0845. The predicted molar refractivity (Wildman–Crippen MR) is 104 cm³/mol. The summed E-state index contributed by atoms with van der Waals surface area (Å²) in [4.78, 5) is 0.346. The molecule has 0 saturated carbocycles. The average molecular weight is 391 g/mol. The molecule has 0 aliphatic carbocycles. The highest BCUT2D eigenvalue weighted by atomic mass is 32.2. The fourth-order valence-corrected chi connectivity index (χ4v) is 3.22. The Labute approximate surface area is 156 Å². The molecule has 1 atom stereocenters. The number of unbranched alkanes of at least 4 members (excludes halogenated alkanes) is 3. The van der Waals surface area contributed by atoms with Crippen LogP contribution in [0.4, 0.5) is 0 Å². The first-order chi connectivity index (χ1) is 11.6. The zero-order valence-electron chi connectivity index (χ0n) is 15.9. The lowest BCUT2D eigenvalue weighted by molar-refractivity contribution is 0.528. The third-order valence-corrected chi connectivity index (χ3v) is 5.77. The van der Waals surface area contributed by atoms with E-state index in [9.17, 15) is 17.2 Å². The van der Waals surface area contributed by atoms with Crippen molar-refractivity contribution in [2.75, 3.05) is 0 Å². The van der Waals surface area contributed by atoms with Crippen LogP contribution in [0.1, 0.15) is 65.9 Å². The molecule has 146 valence electrons. The molecule has 0 bridgehead atoms. The van der Waals surface area contributed by atoms with Crippen molar-refractivity contribution in [1.82, 2.24) is 4.72 Å². The van der Waals surface area contributed by atoms with Crippen molar-refractivity contribution in [2.45, 2.75) is 82.9 Å². The number of rotatable bonds is 9. The SMILES string of the molecule is CC(C)S(=O)[O-].CCCCCCc1ccc(S(=O)(=O)NC(C)C)cc1. The molecule has 0 aliphatic rings. The van der Waals surface area contributed by atoms with E-state index in [-0.39, 0.29) is 11.3 Å². The molecule has 0 aliphatic heterocycles. The summed E-state index contributed by atoms with van der Waals surface area (Å²) in [5.41, 5.74) is 1.21. The lowest BCUT2D eigenvalue weighted by atomic mass is 10.1. The maximum Gasteiger partial charge on any atom is 0.240 e.